The van der Waals surface area contributed by atoms with Crippen LogP contribution in [0.2, 0.25) is 10.0 Å². The SMILES string of the molecule is [C-]#[N+]c1cccc(C2(O)[C@@H]3CC[C@H]2CC(OCc2c(-c4c(Cl)cccc4Cl)noc2C2CC2)C3)c1. The molecular weight excluding hydrogens is 483 g/mol. The Morgan fingerprint density at radius 1 is 1.06 bits per heavy atom. The van der Waals surface area contributed by atoms with E-state index >= 15 is 0 Å². The number of fused-ring (bicyclic) bond motifs is 2. The normalized spacial score (nSPS) is 27.7. The molecule has 4 atom stereocenters. The van der Waals surface area contributed by atoms with E-state index in [0.717, 1.165) is 55.4 Å². The molecule has 1 heterocycles. The minimum atomic E-state index is -0.896. The van der Waals surface area contributed by atoms with Crippen molar-refractivity contribution >= 4 is 28.9 Å². The zero-order valence-corrected chi connectivity index (χ0v) is 20.7. The molecule has 6 rings (SSSR count). The Kier molecular flexibility index (Phi) is 5.89. The van der Waals surface area contributed by atoms with Crippen LogP contribution in [0.4, 0.5) is 5.69 Å². The molecular formula is C28H26Cl2N2O3. The first-order chi connectivity index (χ1) is 17.0. The molecule has 3 aliphatic rings. The maximum atomic E-state index is 11.8. The number of hydrogen-bond donors (Lipinski definition) is 1. The molecule has 1 N–H and O–H groups in total. The van der Waals surface area contributed by atoms with Gasteiger partial charge in [0, 0.05) is 17.0 Å². The van der Waals surface area contributed by atoms with E-state index in [9.17, 15) is 5.11 Å². The highest BCUT2D eigenvalue weighted by Crippen LogP contribution is 2.56. The molecule has 2 unspecified atom stereocenters. The van der Waals surface area contributed by atoms with E-state index in [-0.39, 0.29) is 17.9 Å². The van der Waals surface area contributed by atoms with Gasteiger partial charge in [-0.2, -0.15) is 0 Å². The average molecular weight is 509 g/mol. The van der Waals surface area contributed by atoms with E-state index in [2.05, 4.69) is 10.0 Å². The molecule has 0 spiro atoms. The first-order valence-electron chi connectivity index (χ1n) is 12.2. The zero-order chi connectivity index (χ0) is 24.2. The number of halogens is 2. The van der Waals surface area contributed by atoms with Crippen LogP contribution in [-0.2, 0) is 16.9 Å². The van der Waals surface area contributed by atoms with Gasteiger partial charge in [-0.15, -0.1) is 0 Å². The summed E-state index contributed by atoms with van der Waals surface area (Å²) < 4.78 is 12.3. The summed E-state index contributed by atoms with van der Waals surface area (Å²) in [5, 5.41) is 17.2. The maximum Gasteiger partial charge on any atom is 0.187 e. The van der Waals surface area contributed by atoms with Crippen molar-refractivity contribution in [1.82, 2.24) is 5.16 Å². The maximum absolute atomic E-state index is 11.8. The molecule has 0 radical (unpaired) electrons. The summed E-state index contributed by atoms with van der Waals surface area (Å²) in [7, 11) is 0. The Labute approximate surface area is 214 Å². The second-order valence-electron chi connectivity index (χ2n) is 10.1. The smallest absolute Gasteiger partial charge is 0.187 e. The molecule has 0 saturated heterocycles. The van der Waals surface area contributed by atoms with Crippen molar-refractivity contribution in [3.05, 3.63) is 80.8 Å². The lowest BCUT2D eigenvalue weighted by atomic mass is 9.69. The fourth-order valence-electron chi connectivity index (χ4n) is 6.18. The van der Waals surface area contributed by atoms with E-state index in [1.807, 2.05) is 36.4 Å². The van der Waals surface area contributed by atoms with Crippen molar-refractivity contribution in [3.8, 4) is 11.3 Å². The first kappa shape index (κ1) is 23.1. The van der Waals surface area contributed by atoms with Crippen LogP contribution < -0.4 is 0 Å². The largest absolute Gasteiger partial charge is 0.385 e. The van der Waals surface area contributed by atoms with Crippen LogP contribution in [0.3, 0.4) is 0 Å². The topological polar surface area (TPSA) is 59.9 Å². The quantitative estimate of drug-likeness (QED) is 0.347. The number of rotatable bonds is 6. The van der Waals surface area contributed by atoms with E-state index in [1.54, 1.807) is 6.07 Å². The van der Waals surface area contributed by atoms with Gasteiger partial charge in [-0.25, -0.2) is 4.85 Å². The summed E-state index contributed by atoms with van der Waals surface area (Å²) in [5.74, 6) is 1.46. The highest BCUT2D eigenvalue weighted by atomic mass is 35.5. The molecule has 2 bridgehead atoms. The van der Waals surface area contributed by atoms with Crippen molar-refractivity contribution < 1.29 is 14.4 Å². The third kappa shape index (κ3) is 3.97. The summed E-state index contributed by atoms with van der Waals surface area (Å²) in [5.41, 5.74) is 2.81. The summed E-state index contributed by atoms with van der Waals surface area (Å²) in [6.07, 6.45) is 5.69. The van der Waals surface area contributed by atoms with E-state index in [0.29, 0.717) is 39.5 Å². The third-order valence-corrected chi connectivity index (χ3v) is 8.70. The Hall–Kier alpha value is -2.36. The predicted molar refractivity (Wildman–Crippen MR) is 135 cm³/mol. The van der Waals surface area contributed by atoms with Crippen LogP contribution in [0.5, 0.6) is 0 Å². The standard InChI is InChI=1S/C28H26Cl2N2O3/c1-31-20-5-2-4-17(12-20)28(33)18-10-11-19(28)14-21(13-18)34-15-22-26(32-35-27(22)16-8-9-16)25-23(29)6-3-7-24(25)30/h2-7,12,16,18-19,21,33H,8-11,13-15H2/t18-,19+,21?,28?. The zero-order valence-electron chi connectivity index (χ0n) is 19.2. The number of aliphatic hydroxyl groups is 1. The van der Waals surface area contributed by atoms with Gasteiger partial charge < -0.3 is 14.4 Å². The van der Waals surface area contributed by atoms with E-state index in [1.165, 1.54) is 0 Å². The second kappa shape index (κ2) is 8.94. The summed E-state index contributed by atoms with van der Waals surface area (Å²) in [6.45, 7) is 7.72. The highest BCUT2D eigenvalue weighted by Gasteiger charge is 2.54. The summed E-state index contributed by atoms with van der Waals surface area (Å²) >= 11 is 13.0. The second-order valence-corrected chi connectivity index (χ2v) is 10.9. The van der Waals surface area contributed by atoms with Crippen LogP contribution in [0, 0.1) is 18.4 Å². The Bertz CT molecular complexity index is 1280. The number of benzene rings is 2. The molecule has 180 valence electrons. The lowest BCUT2D eigenvalue weighted by Gasteiger charge is -2.43. The predicted octanol–water partition coefficient (Wildman–Crippen LogP) is 7.67. The van der Waals surface area contributed by atoms with Gasteiger partial charge in [0.05, 0.1) is 34.9 Å². The highest BCUT2D eigenvalue weighted by molar-refractivity contribution is 6.39. The first-order valence-corrected chi connectivity index (χ1v) is 13.0. The van der Waals surface area contributed by atoms with Crippen LogP contribution in [0.15, 0.2) is 47.0 Å². The Morgan fingerprint density at radius 3 is 2.40 bits per heavy atom. The lowest BCUT2D eigenvalue weighted by Crippen LogP contribution is -2.44. The molecule has 3 fully saturated rings. The monoisotopic (exact) mass is 508 g/mol. The van der Waals surface area contributed by atoms with Crippen LogP contribution in [-0.4, -0.2) is 16.4 Å². The van der Waals surface area contributed by atoms with E-state index < -0.39 is 5.60 Å². The lowest BCUT2D eigenvalue weighted by molar-refractivity contribution is -0.116. The molecule has 3 saturated carbocycles. The van der Waals surface area contributed by atoms with E-state index in [4.69, 9.17) is 39.0 Å². The number of nitrogens with zero attached hydrogens (tertiary/aromatic N) is 2. The molecule has 5 nitrogen and oxygen atoms in total. The van der Waals surface area contributed by atoms with Gasteiger partial charge in [0.15, 0.2) is 5.69 Å². The van der Waals surface area contributed by atoms with Crippen LogP contribution in [0.1, 0.15) is 61.3 Å². The van der Waals surface area contributed by atoms with Crippen LogP contribution >= 0.6 is 23.2 Å². The number of ether oxygens (including phenoxy) is 1. The third-order valence-electron chi connectivity index (χ3n) is 8.07. The minimum Gasteiger partial charge on any atom is -0.385 e. The Morgan fingerprint density at radius 2 is 1.74 bits per heavy atom. The van der Waals surface area contributed by atoms with Crippen LogP contribution in [0.25, 0.3) is 16.1 Å². The van der Waals surface area contributed by atoms with Crippen molar-refractivity contribution in [2.24, 2.45) is 11.8 Å². The van der Waals surface area contributed by atoms with Crippen molar-refractivity contribution in [2.75, 3.05) is 0 Å². The molecule has 0 aliphatic heterocycles. The number of aromatic nitrogens is 1. The van der Waals surface area contributed by atoms with Gasteiger partial charge in [0.1, 0.15) is 11.5 Å². The molecule has 3 aliphatic carbocycles. The minimum absolute atomic E-state index is 0.0355. The summed E-state index contributed by atoms with van der Waals surface area (Å²) in [6, 6.07) is 12.9. The molecule has 1 aromatic heterocycles. The summed E-state index contributed by atoms with van der Waals surface area (Å²) in [4.78, 5) is 3.55. The molecule has 0 amide bonds. The molecule has 7 heteroatoms. The molecule has 35 heavy (non-hydrogen) atoms. The average Bonchev–Trinajstić information content (AvgIpc) is 3.60. The van der Waals surface area contributed by atoms with Crippen molar-refractivity contribution in [2.45, 2.75) is 62.8 Å². The molecule has 2 aromatic carbocycles. The van der Waals surface area contributed by atoms with Gasteiger partial charge in [-0.05, 0) is 68.1 Å². The van der Waals surface area contributed by atoms with Crippen molar-refractivity contribution in [1.29, 1.82) is 0 Å². The molecule has 3 aromatic rings. The fourth-order valence-corrected chi connectivity index (χ4v) is 6.76. The van der Waals surface area contributed by atoms with Crippen molar-refractivity contribution in [3.63, 3.8) is 0 Å². The fraction of sp³-hybridized carbons (Fsp3) is 0.429. The van der Waals surface area contributed by atoms with Gasteiger partial charge in [0.2, 0.25) is 0 Å². The van der Waals surface area contributed by atoms with Gasteiger partial charge in [-0.1, -0.05) is 58.7 Å². The number of hydrogen-bond acceptors (Lipinski definition) is 4. The van der Waals surface area contributed by atoms with Gasteiger partial charge in [0.25, 0.3) is 0 Å². The van der Waals surface area contributed by atoms with Gasteiger partial charge in [-0.3, -0.25) is 0 Å². The Balaban J connectivity index is 1.23. The van der Waals surface area contributed by atoms with Gasteiger partial charge >= 0.3 is 0 Å².